The molecule has 0 aliphatic heterocycles. The van der Waals surface area contributed by atoms with Crippen molar-refractivity contribution < 1.29 is 5.11 Å². The summed E-state index contributed by atoms with van der Waals surface area (Å²) in [6, 6.07) is 15.0. The van der Waals surface area contributed by atoms with Crippen molar-refractivity contribution in [1.82, 2.24) is 5.32 Å². The third-order valence-corrected chi connectivity index (χ3v) is 4.40. The van der Waals surface area contributed by atoms with E-state index in [1.807, 2.05) is 6.07 Å². The average molecular weight is 281 g/mol. The van der Waals surface area contributed by atoms with Gasteiger partial charge in [0.1, 0.15) is 5.75 Å². The zero-order chi connectivity index (χ0) is 14.8. The minimum Gasteiger partial charge on any atom is -0.508 e. The molecule has 21 heavy (non-hydrogen) atoms. The summed E-state index contributed by atoms with van der Waals surface area (Å²) in [5, 5.41) is 13.2. The maximum Gasteiger partial charge on any atom is 0.115 e. The number of hydrogen-bond acceptors (Lipinski definition) is 2. The first kappa shape index (κ1) is 14.2. The molecule has 3 rings (SSSR count). The lowest BCUT2D eigenvalue weighted by Gasteiger charge is -2.15. The molecule has 2 nitrogen and oxygen atoms in total. The summed E-state index contributed by atoms with van der Waals surface area (Å²) < 4.78 is 0. The van der Waals surface area contributed by atoms with Crippen molar-refractivity contribution in [2.24, 2.45) is 0 Å². The molecule has 0 fully saturated rings. The summed E-state index contributed by atoms with van der Waals surface area (Å²) >= 11 is 0. The second-order valence-electron chi connectivity index (χ2n) is 6.25. The van der Waals surface area contributed by atoms with E-state index in [2.05, 4.69) is 49.5 Å². The van der Waals surface area contributed by atoms with Gasteiger partial charge < -0.3 is 10.4 Å². The zero-order valence-electron chi connectivity index (χ0n) is 12.8. The van der Waals surface area contributed by atoms with Crippen LogP contribution in [0.2, 0.25) is 0 Å². The lowest BCUT2D eigenvalue weighted by atomic mass is 10.0. The van der Waals surface area contributed by atoms with E-state index >= 15 is 0 Å². The van der Waals surface area contributed by atoms with E-state index in [0.29, 0.717) is 17.7 Å². The van der Waals surface area contributed by atoms with Gasteiger partial charge in [-0.2, -0.15) is 0 Å². The SMILES string of the molecule is CC(C)c1ccc(CNC2CCc3cc(O)ccc32)cc1. The Bertz CT molecular complexity index is 616. The Hall–Kier alpha value is -1.80. The lowest BCUT2D eigenvalue weighted by molar-refractivity contribution is 0.474. The molecular formula is C19H23NO. The van der Waals surface area contributed by atoms with Gasteiger partial charge in [-0.3, -0.25) is 0 Å². The normalized spacial score (nSPS) is 17.2. The molecular weight excluding hydrogens is 258 g/mol. The number of fused-ring (bicyclic) bond motifs is 1. The molecule has 0 heterocycles. The predicted molar refractivity (Wildman–Crippen MR) is 86.5 cm³/mol. The molecule has 0 saturated heterocycles. The first-order valence-electron chi connectivity index (χ1n) is 7.77. The van der Waals surface area contributed by atoms with Gasteiger partial charge in [-0.15, -0.1) is 0 Å². The van der Waals surface area contributed by atoms with Gasteiger partial charge in [0.25, 0.3) is 0 Å². The van der Waals surface area contributed by atoms with Crippen LogP contribution in [0.25, 0.3) is 0 Å². The Morgan fingerprint density at radius 3 is 2.62 bits per heavy atom. The van der Waals surface area contributed by atoms with E-state index in [-0.39, 0.29) is 0 Å². The summed E-state index contributed by atoms with van der Waals surface area (Å²) in [6.07, 6.45) is 2.16. The number of benzene rings is 2. The van der Waals surface area contributed by atoms with E-state index < -0.39 is 0 Å². The number of aromatic hydroxyl groups is 1. The lowest BCUT2D eigenvalue weighted by Crippen LogP contribution is -2.18. The van der Waals surface area contributed by atoms with E-state index in [4.69, 9.17) is 0 Å². The standard InChI is InChI=1S/C19H23NO/c1-13(2)15-5-3-14(4-6-15)12-20-19-10-7-16-11-17(21)8-9-18(16)19/h3-6,8-9,11,13,19-21H,7,10,12H2,1-2H3. The highest BCUT2D eigenvalue weighted by Gasteiger charge is 2.21. The quantitative estimate of drug-likeness (QED) is 0.876. The molecule has 0 radical (unpaired) electrons. The van der Waals surface area contributed by atoms with Crippen LogP contribution in [-0.4, -0.2) is 5.11 Å². The molecule has 2 N–H and O–H groups in total. The summed E-state index contributed by atoms with van der Waals surface area (Å²) in [6.45, 7) is 5.33. The highest BCUT2D eigenvalue weighted by atomic mass is 16.3. The molecule has 2 aromatic carbocycles. The van der Waals surface area contributed by atoms with Crippen LogP contribution in [0.3, 0.4) is 0 Å². The fourth-order valence-corrected chi connectivity index (χ4v) is 3.08. The minimum atomic E-state index is 0.374. The van der Waals surface area contributed by atoms with Crippen LogP contribution in [0.4, 0.5) is 0 Å². The second kappa shape index (κ2) is 5.90. The van der Waals surface area contributed by atoms with Crippen LogP contribution in [0.5, 0.6) is 5.75 Å². The molecule has 2 heteroatoms. The molecule has 0 bridgehead atoms. The van der Waals surface area contributed by atoms with Gasteiger partial charge in [-0.25, -0.2) is 0 Å². The molecule has 1 unspecified atom stereocenters. The highest BCUT2D eigenvalue weighted by Crippen LogP contribution is 2.33. The van der Waals surface area contributed by atoms with Gasteiger partial charge in [-0.1, -0.05) is 44.2 Å². The number of rotatable bonds is 4. The van der Waals surface area contributed by atoms with Crippen molar-refractivity contribution in [3.63, 3.8) is 0 Å². The molecule has 1 atom stereocenters. The fourth-order valence-electron chi connectivity index (χ4n) is 3.08. The Balaban J connectivity index is 1.64. The summed E-state index contributed by atoms with van der Waals surface area (Å²) in [4.78, 5) is 0. The molecule has 0 amide bonds. The van der Waals surface area contributed by atoms with Gasteiger partial charge in [0.2, 0.25) is 0 Å². The third-order valence-electron chi connectivity index (χ3n) is 4.40. The van der Waals surface area contributed by atoms with Crippen molar-refractivity contribution in [3.8, 4) is 5.75 Å². The largest absolute Gasteiger partial charge is 0.508 e. The molecule has 1 aliphatic rings. The zero-order valence-corrected chi connectivity index (χ0v) is 12.8. The van der Waals surface area contributed by atoms with Crippen molar-refractivity contribution >= 4 is 0 Å². The Kier molecular flexibility index (Phi) is 3.98. The molecule has 110 valence electrons. The van der Waals surface area contributed by atoms with Crippen LogP contribution in [0.15, 0.2) is 42.5 Å². The maximum absolute atomic E-state index is 9.54. The number of aryl methyl sites for hydroxylation is 1. The number of hydrogen-bond donors (Lipinski definition) is 2. The molecule has 0 saturated carbocycles. The smallest absolute Gasteiger partial charge is 0.115 e. The van der Waals surface area contributed by atoms with Gasteiger partial charge in [0.15, 0.2) is 0 Å². The fraction of sp³-hybridized carbons (Fsp3) is 0.368. The van der Waals surface area contributed by atoms with Crippen LogP contribution in [0, 0.1) is 0 Å². The van der Waals surface area contributed by atoms with Crippen molar-refractivity contribution in [3.05, 3.63) is 64.7 Å². The Morgan fingerprint density at radius 2 is 1.90 bits per heavy atom. The van der Waals surface area contributed by atoms with E-state index in [9.17, 15) is 5.11 Å². The van der Waals surface area contributed by atoms with Crippen LogP contribution < -0.4 is 5.32 Å². The number of phenolic OH excluding ortho intramolecular Hbond substituents is 1. The topological polar surface area (TPSA) is 32.3 Å². The summed E-state index contributed by atoms with van der Waals surface area (Å²) in [7, 11) is 0. The van der Waals surface area contributed by atoms with Gasteiger partial charge >= 0.3 is 0 Å². The van der Waals surface area contributed by atoms with Crippen molar-refractivity contribution in [2.45, 2.75) is 45.2 Å². The van der Waals surface area contributed by atoms with E-state index in [1.165, 1.54) is 22.3 Å². The van der Waals surface area contributed by atoms with Crippen LogP contribution >= 0.6 is 0 Å². The van der Waals surface area contributed by atoms with Crippen LogP contribution in [-0.2, 0) is 13.0 Å². The van der Waals surface area contributed by atoms with Gasteiger partial charge in [0, 0.05) is 12.6 Å². The third kappa shape index (κ3) is 3.11. The number of nitrogens with one attached hydrogen (secondary N) is 1. The summed E-state index contributed by atoms with van der Waals surface area (Å²) in [5.74, 6) is 0.958. The highest BCUT2D eigenvalue weighted by molar-refractivity contribution is 5.40. The average Bonchev–Trinajstić information content (AvgIpc) is 2.87. The number of phenols is 1. The molecule has 0 spiro atoms. The molecule has 0 aromatic heterocycles. The first-order chi connectivity index (χ1) is 10.1. The predicted octanol–water partition coefficient (Wildman–Crippen LogP) is 4.29. The minimum absolute atomic E-state index is 0.374. The van der Waals surface area contributed by atoms with E-state index in [1.54, 1.807) is 6.07 Å². The Labute approximate surface area is 126 Å². The second-order valence-corrected chi connectivity index (χ2v) is 6.25. The van der Waals surface area contributed by atoms with Crippen LogP contribution in [0.1, 0.15) is 54.5 Å². The van der Waals surface area contributed by atoms with E-state index in [0.717, 1.165) is 19.4 Å². The summed E-state index contributed by atoms with van der Waals surface area (Å²) in [5.41, 5.74) is 5.33. The molecule has 2 aromatic rings. The monoisotopic (exact) mass is 281 g/mol. The van der Waals surface area contributed by atoms with Crippen molar-refractivity contribution in [2.75, 3.05) is 0 Å². The molecule has 1 aliphatic carbocycles. The Morgan fingerprint density at radius 1 is 1.14 bits per heavy atom. The van der Waals surface area contributed by atoms with Gasteiger partial charge in [0.05, 0.1) is 0 Å². The van der Waals surface area contributed by atoms with Gasteiger partial charge in [-0.05, 0) is 53.1 Å². The maximum atomic E-state index is 9.54. The first-order valence-corrected chi connectivity index (χ1v) is 7.77. The van der Waals surface area contributed by atoms with Crippen molar-refractivity contribution in [1.29, 1.82) is 0 Å².